The first-order valence-corrected chi connectivity index (χ1v) is 15.7. The number of benzene rings is 2. The van der Waals surface area contributed by atoms with Gasteiger partial charge < -0.3 is 15.0 Å². The van der Waals surface area contributed by atoms with Crippen LogP contribution in [0.2, 0.25) is 0 Å². The summed E-state index contributed by atoms with van der Waals surface area (Å²) < 4.78 is 64.7. The van der Waals surface area contributed by atoms with Gasteiger partial charge in [0, 0.05) is 54.5 Å². The number of halogens is 3. The van der Waals surface area contributed by atoms with E-state index in [-0.39, 0.29) is 54.3 Å². The zero-order valence-electron chi connectivity index (χ0n) is 24.7. The molecule has 1 unspecified atom stereocenters. The zero-order chi connectivity index (χ0) is 31.6. The van der Waals surface area contributed by atoms with Gasteiger partial charge in [0.05, 0.1) is 15.3 Å². The highest BCUT2D eigenvalue weighted by molar-refractivity contribution is 7.93. The van der Waals surface area contributed by atoms with Gasteiger partial charge in [0.1, 0.15) is 17.2 Å². The van der Waals surface area contributed by atoms with E-state index in [1.54, 1.807) is 56.9 Å². The van der Waals surface area contributed by atoms with E-state index < -0.39 is 39.1 Å². The van der Waals surface area contributed by atoms with Crippen LogP contribution in [0.4, 0.5) is 29.5 Å². The van der Waals surface area contributed by atoms with Gasteiger partial charge in [-0.2, -0.15) is 0 Å². The van der Waals surface area contributed by atoms with Crippen molar-refractivity contribution >= 4 is 33.2 Å². The van der Waals surface area contributed by atoms with Crippen LogP contribution >= 0.6 is 0 Å². The van der Waals surface area contributed by atoms with Crippen LogP contribution in [0, 0.1) is 12.7 Å². The van der Waals surface area contributed by atoms with Gasteiger partial charge in [-0.15, -0.1) is 4.36 Å². The summed E-state index contributed by atoms with van der Waals surface area (Å²) in [5, 5.41) is 2.79. The maximum atomic E-state index is 14.2. The average molecular weight is 617 g/mol. The number of amides is 2. The number of ether oxygens (including phenoxy) is 1. The summed E-state index contributed by atoms with van der Waals surface area (Å²) in [5.74, 6) is -3.62. The topological polar surface area (TPSA) is 101 Å². The zero-order valence-corrected chi connectivity index (χ0v) is 25.6. The summed E-state index contributed by atoms with van der Waals surface area (Å²) in [5.41, 5.74) is 1.09. The van der Waals surface area contributed by atoms with Crippen LogP contribution in [-0.4, -0.2) is 52.1 Å². The minimum Gasteiger partial charge on any atom is -0.442 e. The second-order valence-electron chi connectivity index (χ2n) is 11.6. The van der Waals surface area contributed by atoms with Crippen LogP contribution < -0.4 is 10.2 Å². The summed E-state index contributed by atoms with van der Waals surface area (Å²) in [6, 6.07) is 12.0. The van der Waals surface area contributed by atoms with Crippen molar-refractivity contribution in [1.82, 2.24) is 4.98 Å². The summed E-state index contributed by atoms with van der Waals surface area (Å²) in [7, 11) is -3.23. The minimum atomic E-state index is -3.23. The number of pyridine rings is 1. The molecule has 2 amide bonds. The molecule has 1 aliphatic heterocycles. The highest BCUT2D eigenvalue weighted by Gasteiger charge is 2.33. The molecule has 0 bridgehead atoms. The van der Waals surface area contributed by atoms with E-state index in [2.05, 4.69) is 14.7 Å². The first-order chi connectivity index (χ1) is 20.0. The Balaban J connectivity index is 1.73. The highest BCUT2D eigenvalue weighted by Crippen LogP contribution is 2.35. The van der Waals surface area contributed by atoms with Gasteiger partial charge >= 0.3 is 6.09 Å². The van der Waals surface area contributed by atoms with Crippen molar-refractivity contribution in [3.05, 3.63) is 71.7 Å². The quantitative estimate of drug-likeness (QED) is 0.319. The molecule has 0 spiro atoms. The van der Waals surface area contributed by atoms with Crippen LogP contribution in [0.15, 0.2) is 64.0 Å². The van der Waals surface area contributed by atoms with Crippen molar-refractivity contribution in [2.75, 3.05) is 29.6 Å². The molecule has 1 atom stereocenters. The SMILES string of the molecule is Cc1c(-c2cccc(F)c2)cnc(N2CCCC(F)(F)CC2)c1C(=O)Nc1cccc(S(C)(=O)=NC(=O)OC(C)(C)C)c1. The Bertz CT molecular complexity index is 1660. The Labute approximate surface area is 249 Å². The lowest BCUT2D eigenvalue weighted by Gasteiger charge is -2.26. The van der Waals surface area contributed by atoms with E-state index in [0.29, 0.717) is 16.7 Å². The van der Waals surface area contributed by atoms with Crippen molar-refractivity contribution in [2.24, 2.45) is 4.36 Å². The van der Waals surface area contributed by atoms with Gasteiger partial charge in [-0.1, -0.05) is 18.2 Å². The number of anilines is 2. The van der Waals surface area contributed by atoms with E-state index in [9.17, 15) is 27.0 Å². The van der Waals surface area contributed by atoms with Gasteiger partial charge in [-0.3, -0.25) is 4.79 Å². The molecule has 4 rings (SSSR count). The molecular weight excluding hydrogens is 581 g/mol. The van der Waals surface area contributed by atoms with Gasteiger partial charge in [-0.05, 0) is 75.6 Å². The normalized spacial score (nSPS) is 16.5. The molecule has 0 saturated carbocycles. The van der Waals surface area contributed by atoms with E-state index in [0.717, 1.165) is 0 Å². The molecule has 1 saturated heterocycles. The van der Waals surface area contributed by atoms with Gasteiger partial charge in [0.2, 0.25) is 5.92 Å². The fourth-order valence-corrected chi connectivity index (χ4v) is 5.91. The molecular formula is C31H35F3N4O4S. The van der Waals surface area contributed by atoms with E-state index in [1.165, 1.54) is 36.7 Å². The Morgan fingerprint density at radius 2 is 1.81 bits per heavy atom. The predicted octanol–water partition coefficient (Wildman–Crippen LogP) is 7.47. The summed E-state index contributed by atoms with van der Waals surface area (Å²) in [6.07, 6.45) is 1.41. The molecule has 0 aliphatic carbocycles. The molecule has 1 N–H and O–H groups in total. The number of carbonyl (C=O) groups excluding carboxylic acids is 2. The molecule has 1 aromatic heterocycles. The van der Waals surface area contributed by atoms with Crippen LogP contribution in [0.3, 0.4) is 0 Å². The van der Waals surface area contributed by atoms with Gasteiger partial charge in [-0.25, -0.2) is 27.2 Å². The molecule has 2 heterocycles. The lowest BCUT2D eigenvalue weighted by atomic mass is 9.97. The van der Waals surface area contributed by atoms with Gasteiger partial charge in [0.25, 0.3) is 5.91 Å². The summed E-state index contributed by atoms with van der Waals surface area (Å²) in [6.45, 7) is 6.97. The third-order valence-corrected chi connectivity index (χ3v) is 8.50. The van der Waals surface area contributed by atoms with Crippen LogP contribution in [0.5, 0.6) is 0 Å². The third kappa shape index (κ3) is 8.13. The van der Waals surface area contributed by atoms with Crippen molar-refractivity contribution in [3.8, 4) is 11.1 Å². The average Bonchev–Trinajstić information content (AvgIpc) is 3.07. The molecule has 43 heavy (non-hydrogen) atoms. The standard InChI is InChI=1S/C31H35F3N4O4S/c1-20-25(21-9-6-10-22(32)17-21)19-35-27(38-15-8-13-31(33,34)14-16-38)26(20)28(39)36-23-11-7-12-24(18-23)43(5,41)37-29(40)42-30(2,3)4/h6-7,9-12,17-19H,8,13-16H2,1-5H3,(H,36,39). The van der Waals surface area contributed by atoms with Crippen molar-refractivity contribution in [2.45, 2.75) is 63.4 Å². The number of nitrogens with zero attached hydrogens (tertiary/aromatic N) is 3. The number of carbonyl (C=O) groups is 2. The van der Waals surface area contributed by atoms with E-state index in [1.807, 2.05) is 0 Å². The number of rotatable bonds is 5. The number of alkyl halides is 2. The van der Waals surface area contributed by atoms with Crippen molar-refractivity contribution in [1.29, 1.82) is 0 Å². The summed E-state index contributed by atoms with van der Waals surface area (Å²) in [4.78, 5) is 32.5. The maximum absolute atomic E-state index is 14.2. The molecule has 8 nitrogen and oxygen atoms in total. The predicted molar refractivity (Wildman–Crippen MR) is 161 cm³/mol. The fourth-order valence-electron chi connectivity index (χ4n) is 4.80. The molecule has 12 heteroatoms. The lowest BCUT2D eigenvalue weighted by molar-refractivity contribution is -0.0102. The molecule has 230 valence electrons. The Morgan fingerprint density at radius 3 is 2.51 bits per heavy atom. The Hall–Kier alpha value is -3.93. The first-order valence-electron chi connectivity index (χ1n) is 13.8. The van der Waals surface area contributed by atoms with E-state index >= 15 is 0 Å². The molecule has 0 radical (unpaired) electrons. The largest absolute Gasteiger partial charge is 0.442 e. The number of nitrogens with one attached hydrogen (secondary N) is 1. The van der Waals surface area contributed by atoms with Crippen molar-refractivity contribution < 1.29 is 31.7 Å². The summed E-state index contributed by atoms with van der Waals surface area (Å²) >= 11 is 0. The number of hydrogen-bond donors (Lipinski definition) is 1. The molecule has 1 fully saturated rings. The van der Waals surface area contributed by atoms with Crippen LogP contribution in [0.25, 0.3) is 11.1 Å². The molecule has 2 aromatic carbocycles. The molecule has 1 aliphatic rings. The maximum Gasteiger partial charge on any atom is 0.442 e. The minimum absolute atomic E-state index is 0.00141. The third-order valence-electron chi connectivity index (χ3n) is 6.87. The lowest BCUT2D eigenvalue weighted by Crippen LogP contribution is -2.30. The van der Waals surface area contributed by atoms with Gasteiger partial charge in [0.15, 0.2) is 0 Å². The monoisotopic (exact) mass is 616 g/mol. The second kappa shape index (κ2) is 12.4. The Morgan fingerprint density at radius 1 is 1.09 bits per heavy atom. The van der Waals surface area contributed by atoms with Crippen LogP contribution in [-0.2, 0) is 14.5 Å². The molecule has 3 aromatic rings. The van der Waals surface area contributed by atoms with Crippen LogP contribution in [0.1, 0.15) is 56.0 Å². The highest BCUT2D eigenvalue weighted by atomic mass is 32.2. The van der Waals surface area contributed by atoms with E-state index in [4.69, 9.17) is 4.74 Å². The van der Waals surface area contributed by atoms with Crippen molar-refractivity contribution in [3.63, 3.8) is 0 Å². The second-order valence-corrected chi connectivity index (χ2v) is 13.8. The smallest absolute Gasteiger partial charge is 0.442 e. The fraction of sp³-hybridized carbons (Fsp3) is 0.387. The Kier molecular flexibility index (Phi) is 9.19. The number of aromatic nitrogens is 1. The number of hydrogen-bond acceptors (Lipinski definition) is 6. The first kappa shape index (κ1) is 32.0.